The monoisotopic (exact) mass is 503 g/mol. The first-order valence-electron chi connectivity index (χ1n) is 9.59. The molecule has 0 spiro atoms. The standard InChI is InChI=1S/C26H19Br2N/c1-16-13-24(28)17(2)12-21(16)18-8-10-25-22(14-18)23-15-19(27)9-11-26(23)29(25)20-6-4-3-5-7-20/h3-15H,1-2H3. The Morgan fingerprint density at radius 3 is 2.10 bits per heavy atom. The van der Waals surface area contributed by atoms with Crippen LogP contribution < -0.4 is 0 Å². The van der Waals surface area contributed by atoms with E-state index in [2.05, 4.69) is 129 Å². The predicted molar refractivity (Wildman–Crippen MR) is 131 cm³/mol. The molecule has 0 unspecified atom stereocenters. The van der Waals surface area contributed by atoms with Crippen molar-refractivity contribution in [1.82, 2.24) is 4.57 Å². The number of hydrogen-bond donors (Lipinski definition) is 0. The van der Waals surface area contributed by atoms with Crippen LogP contribution in [0.15, 0.2) is 87.8 Å². The molecule has 1 heterocycles. The van der Waals surface area contributed by atoms with E-state index >= 15 is 0 Å². The van der Waals surface area contributed by atoms with E-state index in [1.165, 1.54) is 49.7 Å². The smallest absolute Gasteiger partial charge is 0.0541 e. The Bertz CT molecular complexity index is 1380. The van der Waals surface area contributed by atoms with Crippen LogP contribution >= 0.6 is 31.9 Å². The molecule has 0 N–H and O–H groups in total. The molecule has 0 bridgehead atoms. The van der Waals surface area contributed by atoms with E-state index in [4.69, 9.17) is 0 Å². The molecule has 0 atom stereocenters. The van der Waals surface area contributed by atoms with Gasteiger partial charge in [0, 0.05) is 25.4 Å². The van der Waals surface area contributed by atoms with Crippen LogP contribution in [0.3, 0.4) is 0 Å². The molecule has 0 radical (unpaired) electrons. The summed E-state index contributed by atoms with van der Waals surface area (Å²) in [5.41, 5.74) is 8.67. The first-order valence-corrected chi connectivity index (χ1v) is 11.2. The van der Waals surface area contributed by atoms with Crippen LogP contribution in [0.2, 0.25) is 0 Å². The van der Waals surface area contributed by atoms with E-state index in [1.54, 1.807) is 0 Å². The lowest BCUT2D eigenvalue weighted by molar-refractivity contribution is 1.18. The maximum Gasteiger partial charge on any atom is 0.0541 e. The van der Waals surface area contributed by atoms with Crippen molar-refractivity contribution >= 4 is 53.7 Å². The van der Waals surface area contributed by atoms with Crippen molar-refractivity contribution in [3.05, 3.63) is 98.9 Å². The molecule has 5 rings (SSSR count). The summed E-state index contributed by atoms with van der Waals surface area (Å²) in [7, 11) is 0. The molecular formula is C26H19Br2N. The second-order valence-electron chi connectivity index (χ2n) is 7.48. The highest BCUT2D eigenvalue weighted by atomic mass is 79.9. The Balaban J connectivity index is 1.84. The Morgan fingerprint density at radius 1 is 0.655 bits per heavy atom. The number of halogens is 2. The summed E-state index contributed by atoms with van der Waals surface area (Å²) in [4.78, 5) is 0. The third-order valence-corrected chi connectivity index (χ3v) is 6.91. The summed E-state index contributed by atoms with van der Waals surface area (Å²) in [5, 5.41) is 2.52. The van der Waals surface area contributed by atoms with Gasteiger partial charge in [0.25, 0.3) is 0 Å². The van der Waals surface area contributed by atoms with Gasteiger partial charge in [0.1, 0.15) is 0 Å². The van der Waals surface area contributed by atoms with Crippen LogP contribution in [0.25, 0.3) is 38.6 Å². The minimum atomic E-state index is 1.10. The van der Waals surface area contributed by atoms with Gasteiger partial charge in [0.15, 0.2) is 0 Å². The Labute approximate surface area is 187 Å². The molecule has 0 saturated heterocycles. The Kier molecular flexibility index (Phi) is 4.60. The maximum absolute atomic E-state index is 3.66. The Morgan fingerprint density at radius 2 is 1.34 bits per heavy atom. The number of benzene rings is 4. The molecule has 5 aromatic rings. The molecule has 0 aliphatic rings. The van der Waals surface area contributed by atoms with E-state index in [-0.39, 0.29) is 0 Å². The normalized spacial score (nSPS) is 11.4. The van der Waals surface area contributed by atoms with Crippen molar-refractivity contribution in [3.8, 4) is 16.8 Å². The van der Waals surface area contributed by atoms with Gasteiger partial charge >= 0.3 is 0 Å². The van der Waals surface area contributed by atoms with E-state index in [1.807, 2.05) is 0 Å². The lowest BCUT2D eigenvalue weighted by Crippen LogP contribution is -1.93. The molecule has 1 aromatic heterocycles. The molecule has 3 heteroatoms. The van der Waals surface area contributed by atoms with Gasteiger partial charge in [-0.2, -0.15) is 0 Å². The van der Waals surface area contributed by atoms with Crippen molar-refractivity contribution in [2.75, 3.05) is 0 Å². The van der Waals surface area contributed by atoms with Crippen molar-refractivity contribution < 1.29 is 0 Å². The summed E-state index contributed by atoms with van der Waals surface area (Å²) in [6.45, 7) is 4.32. The topological polar surface area (TPSA) is 4.93 Å². The average Bonchev–Trinajstić information content (AvgIpc) is 3.04. The zero-order valence-corrected chi connectivity index (χ0v) is 19.4. The minimum Gasteiger partial charge on any atom is -0.309 e. The molecule has 29 heavy (non-hydrogen) atoms. The van der Waals surface area contributed by atoms with Crippen LogP contribution in [-0.2, 0) is 0 Å². The first kappa shape index (κ1) is 18.7. The van der Waals surface area contributed by atoms with Crippen LogP contribution in [0.4, 0.5) is 0 Å². The summed E-state index contributed by atoms with van der Waals surface area (Å²) in [6.07, 6.45) is 0. The van der Waals surface area contributed by atoms with Crippen molar-refractivity contribution in [2.24, 2.45) is 0 Å². The molecule has 0 aliphatic heterocycles. The first-order chi connectivity index (χ1) is 14.0. The second-order valence-corrected chi connectivity index (χ2v) is 9.25. The number of para-hydroxylation sites is 1. The zero-order valence-electron chi connectivity index (χ0n) is 16.2. The summed E-state index contributed by atoms with van der Waals surface area (Å²) in [5.74, 6) is 0. The van der Waals surface area contributed by atoms with Gasteiger partial charge in [-0.05, 0) is 84.6 Å². The SMILES string of the molecule is Cc1cc(-c2ccc3c(c2)c2cc(Br)ccc2n3-c2ccccc2)c(C)cc1Br. The van der Waals surface area contributed by atoms with Gasteiger partial charge in [-0.1, -0.05) is 62.2 Å². The molecule has 4 aromatic carbocycles. The highest BCUT2D eigenvalue weighted by molar-refractivity contribution is 9.10. The fourth-order valence-electron chi connectivity index (χ4n) is 4.11. The largest absolute Gasteiger partial charge is 0.309 e. The number of rotatable bonds is 2. The van der Waals surface area contributed by atoms with Crippen LogP contribution in [0.5, 0.6) is 0 Å². The summed E-state index contributed by atoms with van der Waals surface area (Å²) >= 11 is 7.32. The zero-order chi connectivity index (χ0) is 20.1. The fourth-order valence-corrected chi connectivity index (χ4v) is 4.93. The summed E-state index contributed by atoms with van der Waals surface area (Å²) in [6, 6.07) is 28.4. The Hall–Kier alpha value is -2.36. The highest BCUT2D eigenvalue weighted by Gasteiger charge is 2.14. The minimum absolute atomic E-state index is 1.10. The van der Waals surface area contributed by atoms with E-state index in [0.29, 0.717) is 0 Å². The number of hydrogen-bond acceptors (Lipinski definition) is 0. The van der Waals surface area contributed by atoms with Gasteiger partial charge in [-0.15, -0.1) is 0 Å². The fraction of sp³-hybridized carbons (Fsp3) is 0.0769. The predicted octanol–water partition coefficient (Wildman–Crippen LogP) is 8.59. The van der Waals surface area contributed by atoms with Crippen molar-refractivity contribution in [1.29, 1.82) is 0 Å². The molecule has 0 amide bonds. The third kappa shape index (κ3) is 3.13. The van der Waals surface area contributed by atoms with Gasteiger partial charge in [-0.25, -0.2) is 0 Å². The lowest BCUT2D eigenvalue weighted by Gasteiger charge is -2.11. The van der Waals surface area contributed by atoms with Crippen LogP contribution in [-0.4, -0.2) is 4.57 Å². The van der Waals surface area contributed by atoms with Gasteiger partial charge in [0.05, 0.1) is 11.0 Å². The maximum atomic E-state index is 3.66. The van der Waals surface area contributed by atoms with Crippen molar-refractivity contribution in [2.45, 2.75) is 13.8 Å². The van der Waals surface area contributed by atoms with Crippen LogP contribution in [0.1, 0.15) is 11.1 Å². The number of nitrogens with zero attached hydrogens (tertiary/aromatic N) is 1. The molecule has 0 fully saturated rings. The molecule has 0 aliphatic carbocycles. The molecule has 1 nitrogen and oxygen atoms in total. The van der Waals surface area contributed by atoms with Gasteiger partial charge < -0.3 is 4.57 Å². The summed E-state index contributed by atoms with van der Waals surface area (Å²) < 4.78 is 4.60. The third-order valence-electron chi connectivity index (χ3n) is 5.56. The second kappa shape index (κ2) is 7.16. The number of fused-ring (bicyclic) bond motifs is 3. The average molecular weight is 505 g/mol. The number of aryl methyl sites for hydroxylation is 2. The van der Waals surface area contributed by atoms with Gasteiger partial charge in [0.2, 0.25) is 0 Å². The van der Waals surface area contributed by atoms with E-state index < -0.39 is 0 Å². The molecular weight excluding hydrogens is 486 g/mol. The lowest BCUT2D eigenvalue weighted by atomic mass is 9.97. The molecule has 0 saturated carbocycles. The number of aromatic nitrogens is 1. The highest BCUT2D eigenvalue weighted by Crippen LogP contribution is 2.37. The van der Waals surface area contributed by atoms with E-state index in [0.717, 1.165) is 8.95 Å². The van der Waals surface area contributed by atoms with Crippen molar-refractivity contribution in [3.63, 3.8) is 0 Å². The van der Waals surface area contributed by atoms with Crippen LogP contribution in [0, 0.1) is 13.8 Å². The molecule has 142 valence electrons. The quantitative estimate of drug-likeness (QED) is 0.227. The van der Waals surface area contributed by atoms with Gasteiger partial charge in [-0.3, -0.25) is 0 Å². The van der Waals surface area contributed by atoms with E-state index in [9.17, 15) is 0 Å².